The number of nitro benzene ring substituents is 1. The lowest BCUT2D eigenvalue weighted by molar-refractivity contribution is -0.384. The van der Waals surface area contributed by atoms with E-state index in [9.17, 15) is 24.1 Å². The fourth-order valence-electron chi connectivity index (χ4n) is 4.96. The van der Waals surface area contributed by atoms with Crippen LogP contribution < -0.4 is 24.3 Å². The van der Waals surface area contributed by atoms with Gasteiger partial charge < -0.3 is 24.3 Å². The molecule has 0 fully saturated rings. The van der Waals surface area contributed by atoms with Crippen LogP contribution in [-0.4, -0.2) is 31.2 Å². The predicted octanol–water partition coefficient (Wildman–Crippen LogP) is 7.69. The number of halogens is 1. The van der Waals surface area contributed by atoms with E-state index in [1.807, 2.05) is 31.2 Å². The Balaban J connectivity index is 1.44. The second kappa shape index (κ2) is 13.1. The smallest absolute Gasteiger partial charge is 0.493 e. The minimum Gasteiger partial charge on any atom is -0.493 e. The maximum absolute atomic E-state index is 14.4. The van der Waals surface area contributed by atoms with Crippen molar-refractivity contribution < 1.29 is 37.9 Å². The molecule has 0 saturated heterocycles. The molecule has 10 nitrogen and oxygen atoms in total. The second-order valence-electron chi connectivity index (χ2n) is 9.90. The van der Waals surface area contributed by atoms with Crippen LogP contribution in [0.4, 0.5) is 20.6 Å². The number of carbonyl (C=O) groups is 2. The number of anilines is 1. The molecule has 0 saturated carbocycles. The number of benzene rings is 4. The van der Waals surface area contributed by atoms with E-state index >= 15 is 0 Å². The van der Waals surface area contributed by atoms with Crippen molar-refractivity contribution in [1.82, 2.24) is 0 Å². The largest absolute Gasteiger partial charge is 0.519 e. The van der Waals surface area contributed by atoms with E-state index in [0.717, 1.165) is 16.7 Å². The zero-order valence-corrected chi connectivity index (χ0v) is 24.5. The number of non-ortho nitro benzene ring substituents is 1. The van der Waals surface area contributed by atoms with Crippen LogP contribution in [0.15, 0.2) is 90.5 Å². The number of hydrogen-bond donors (Lipinski definition) is 1. The van der Waals surface area contributed by atoms with Gasteiger partial charge >= 0.3 is 6.16 Å². The van der Waals surface area contributed by atoms with Gasteiger partial charge in [0.1, 0.15) is 11.6 Å². The quantitative estimate of drug-likeness (QED) is 0.0885. The number of nitrogens with zero attached hydrogens (tertiary/aromatic N) is 1. The summed E-state index contributed by atoms with van der Waals surface area (Å²) in [6.45, 7) is 1.87. The SMILES string of the molecule is COc1cc(/C=C2/C(C)=C(CC(=O)Nc3ccccc3)c3cc(F)ccc32)cc(OC)c1OC(=O)Oc1ccc([N+](=O)[O-])cc1. The summed E-state index contributed by atoms with van der Waals surface area (Å²) in [5.41, 5.74) is 4.73. The first kappa shape index (κ1) is 30.5. The Kier molecular flexibility index (Phi) is 8.89. The number of rotatable bonds is 9. The van der Waals surface area contributed by atoms with Crippen LogP contribution in [0, 0.1) is 15.9 Å². The number of allylic oxidation sites excluding steroid dienone is 2. The molecule has 45 heavy (non-hydrogen) atoms. The van der Waals surface area contributed by atoms with Crippen molar-refractivity contribution in [2.45, 2.75) is 13.3 Å². The number of ether oxygens (including phenoxy) is 4. The molecule has 4 aromatic carbocycles. The normalized spacial score (nSPS) is 12.8. The van der Waals surface area contributed by atoms with E-state index in [-0.39, 0.29) is 41.0 Å². The highest BCUT2D eigenvalue weighted by molar-refractivity contribution is 6.10. The third kappa shape index (κ3) is 6.83. The summed E-state index contributed by atoms with van der Waals surface area (Å²) in [5.74, 6) is -0.358. The van der Waals surface area contributed by atoms with Crippen molar-refractivity contribution in [1.29, 1.82) is 0 Å². The van der Waals surface area contributed by atoms with Crippen molar-refractivity contribution in [3.05, 3.63) is 123 Å². The number of para-hydroxylation sites is 1. The minimum atomic E-state index is -1.12. The van der Waals surface area contributed by atoms with Gasteiger partial charge in [0, 0.05) is 17.8 Å². The summed E-state index contributed by atoms with van der Waals surface area (Å²) in [7, 11) is 2.78. The summed E-state index contributed by atoms with van der Waals surface area (Å²) in [6.07, 6.45) is 0.763. The molecule has 1 N–H and O–H groups in total. The van der Waals surface area contributed by atoms with Crippen LogP contribution in [0.25, 0.3) is 17.2 Å². The Hall–Kier alpha value is -5.97. The average molecular weight is 611 g/mol. The van der Waals surface area contributed by atoms with Crippen LogP contribution in [0.2, 0.25) is 0 Å². The lowest BCUT2D eigenvalue weighted by atomic mass is 10.00. The average Bonchev–Trinajstić information content (AvgIpc) is 3.27. The number of methoxy groups -OCH3 is 2. The zero-order chi connectivity index (χ0) is 32.1. The Morgan fingerprint density at radius 3 is 2.18 bits per heavy atom. The summed E-state index contributed by atoms with van der Waals surface area (Å²) in [5, 5.41) is 13.7. The molecule has 0 atom stereocenters. The van der Waals surface area contributed by atoms with Crippen LogP contribution in [-0.2, 0) is 4.79 Å². The molecule has 1 aliphatic rings. The molecule has 0 unspecified atom stereocenters. The van der Waals surface area contributed by atoms with Gasteiger partial charge in [-0.15, -0.1) is 0 Å². The third-order valence-electron chi connectivity index (χ3n) is 7.08. The first-order valence-electron chi connectivity index (χ1n) is 13.6. The second-order valence-corrected chi connectivity index (χ2v) is 9.90. The summed E-state index contributed by atoms with van der Waals surface area (Å²) >= 11 is 0. The van der Waals surface area contributed by atoms with Crippen LogP contribution >= 0.6 is 0 Å². The van der Waals surface area contributed by atoms with Gasteiger partial charge in [-0.2, -0.15) is 0 Å². The van der Waals surface area contributed by atoms with Crippen molar-refractivity contribution in [3.63, 3.8) is 0 Å². The molecule has 1 amide bonds. The molecule has 0 radical (unpaired) electrons. The number of nitro groups is 1. The molecule has 0 heterocycles. The summed E-state index contributed by atoms with van der Waals surface area (Å²) in [4.78, 5) is 35.8. The number of hydrogen-bond acceptors (Lipinski definition) is 8. The number of fused-ring (bicyclic) bond motifs is 1. The number of amides is 1. The number of nitrogens with one attached hydrogen (secondary N) is 1. The zero-order valence-electron chi connectivity index (χ0n) is 24.5. The lowest BCUT2D eigenvalue weighted by Crippen LogP contribution is -2.15. The van der Waals surface area contributed by atoms with Crippen LogP contribution in [0.5, 0.6) is 23.0 Å². The standard InChI is InChI=1S/C34H27FN2O8/c1-20-27(26-14-9-22(35)18-29(26)28(20)19-32(38)36-23-7-5-4-6-8-23)15-21-16-30(42-2)33(31(17-21)43-3)45-34(39)44-25-12-10-24(11-13-25)37(40)41/h4-18H,19H2,1-3H3,(H,36,38)/b27-15-. The van der Waals surface area contributed by atoms with E-state index in [4.69, 9.17) is 18.9 Å². The molecule has 0 spiro atoms. The highest BCUT2D eigenvalue weighted by atomic mass is 19.1. The van der Waals surface area contributed by atoms with Gasteiger partial charge in [0.05, 0.1) is 25.6 Å². The Bertz CT molecular complexity index is 1830. The number of carbonyl (C=O) groups excluding carboxylic acids is 2. The fourth-order valence-corrected chi connectivity index (χ4v) is 4.96. The van der Waals surface area contributed by atoms with Crippen molar-refractivity contribution in [2.24, 2.45) is 0 Å². The summed E-state index contributed by atoms with van der Waals surface area (Å²) in [6, 6.07) is 21.7. The first-order valence-corrected chi connectivity index (χ1v) is 13.6. The van der Waals surface area contributed by atoms with Crippen molar-refractivity contribution in [3.8, 4) is 23.0 Å². The molecule has 5 rings (SSSR count). The molecule has 228 valence electrons. The predicted molar refractivity (Wildman–Crippen MR) is 166 cm³/mol. The van der Waals surface area contributed by atoms with E-state index in [1.54, 1.807) is 30.3 Å². The monoisotopic (exact) mass is 610 g/mol. The van der Waals surface area contributed by atoms with Gasteiger partial charge in [-0.25, -0.2) is 9.18 Å². The Labute approximate surface area is 257 Å². The third-order valence-corrected chi connectivity index (χ3v) is 7.08. The van der Waals surface area contributed by atoms with Gasteiger partial charge in [0.15, 0.2) is 11.5 Å². The fraction of sp³-hybridized carbons (Fsp3) is 0.118. The minimum absolute atomic E-state index is 0.0326. The first-order chi connectivity index (χ1) is 21.7. The van der Waals surface area contributed by atoms with Crippen LogP contribution in [0.3, 0.4) is 0 Å². The topological polar surface area (TPSA) is 126 Å². The van der Waals surface area contributed by atoms with Crippen LogP contribution in [0.1, 0.15) is 30.0 Å². The Morgan fingerprint density at radius 1 is 0.889 bits per heavy atom. The maximum atomic E-state index is 14.4. The van der Waals surface area contributed by atoms with Crippen molar-refractivity contribution >= 4 is 40.7 Å². The molecular formula is C34H27FN2O8. The lowest BCUT2D eigenvalue weighted by Gasteiger charge is -2.14. The molecule has 0 aromatic heterocycles. The molecule has 0 aliphatic heterocycles. The van der Waals surface area contributed by atoms with E-state index in [2.05, 4.69) is 5.32 Å². The van der Waals surface area contributed by atoms with Gasteiger partial charge in [-0.1, -0.05) is 24.3 Å². The molecule has 1 aliphatic carbocycles. The molecule has 11 heteroatoms. The molecule has 0 bridgehead atoms. The van der Waals surface area contributed by atoms with E-state index in [1.165, 1.54) is 50.6 Å². The highest BCUT2D eigenvalue weighted by Crippen LogP contribution is 2.45. The molecular weight excluding hydrogens is 583 g/mol. The van der Waals surface area contributed by atoms with Crippen molar-refractivity contribution in [2.75, 3.05) is 19.5 Å². The van der Waals surface area contributed by atoms with Gasteiger partial charge in [-0.3, -0.25) is 14.9 Å². The highest BCUT2D eigenvalue weighted by Gasteiger charge is 2.27. The van der Waals surface area contributed by atoms with Gasteiger partial charge in [0.25, 0.3) is 5.69 Å². The van der Waals surface area contributed by atoms with Gasteiger partial charge in [0.2, 0.25) is 11.7 Å². The van der Waals surface area contributed by atoms with Gasteiger partial charge in [-0.05, 0) is 94.9 Å². The van der Waals surface area contributed by atoms with E-state index in [0.29, 0.717) is 22.4 Å². The van der Waals surface area contributed by atoms with E-state index < -0.39 is 16.9 Å². The summed E-state index contributed by atoms with van der Waals surface area (Å²) < 4.78 is 35.9. The Morgan fingerprint density at radius 2 is 1.56 bits per heavy atom. The maximum Gasteiger partial charge on any atom is 0.519 e. The molecule has 4 aromatic rings.